The van der Waals surface area contributed by atoms with E-state index in [9.17, 15) is 4.55 Å². The number of hydrogen-bond donors (Lipinski definition) is 0. The van der Waals surface area contributed by atoms with Gasteiger partial charge in [-0.2, -0.15) is 0 Å². The normalized spacial score (nSPS) is 16.2. The zero-order valence-electron chi connectivity index (χ0n) is 10.8. The van der Waals surface area contributed by atoms with Crippen molar-refractivity contribution in [3.8, 4) is 11.5 Å². The molecule has 18 heavy (non-hydrogen) atoms. The molecule has 0 N–H and O–H groups in total. The van der Waals surface area contributed by atoms with E-state index in [1.54, 1.807) is 6.21 Å². The van der Waals surface area contributed by atoms with Crippen molar-refractivity contribution in [2.75, 3.05) is 6.79 Å². The monoisotopic (exact) mass is 267 g/mol. The molecule has 0 bridgehead atoms. The Morgan fingerprint density at radius 3 is 2.78 bits per heavy atom. The summed E-state index contributed by atoms with van der Waals surface area (Å²) in [5.41, 5.74) is 1.06. The summed E-state index contributed by atoms with van der Waals surface area (Å²) in [6, 6.07) is 5.76. The first-order valence-electron chi connectivity index (χ1n) is 5.80. The van der Waals surface area contributed by atoms with Gasteiger partial charge in [-0.25, -0.2) is 0 Å². The lowest BCUT2D eigenvalue weighted by Gasteiger charge is -2.17. The SMILES string of the molecule is CC(C)(C)[S@+]([O-])N=CCc1ccc2c(c1)OCO2. The molecule has 1 aromatic carbocycles. The van der Waals surface area contributed by atoms with Crippen LogP contribution in [0.15, 0.2) is 22.6 Å². The molecule has 1 atom stereocenters. The molecule has 5 heteroatoms. The van der Waals surface area contributed by atoms with E-state index in [-0.39, 0.29) is 11.5 Å². The molecule has 0 radical (unpaired) electrons. The predicted octanol–water partition coefficient (Wildman–Crippen LogP) is 2.49. The first-order chi connectivity index (χ1) is 8.47. The van der Waals surface area contributed by atoms with Crippen LogP contribution in [0.1, 0.15) is 26.3 Å². The third kappa shape index (κ3) is 3.17. The molecule has 0 saturated heterocycles. The second-order valence-electron chi connectivity index (χ2n) is 5.04. The molecule has 1 aliphatic heterocycles. The second-order valence-corrected chi connectivity index (χ2v) is 6.98. The molecule has 0 unspecified atom stereocenters. The summed E-state index contributed by atoms with van der Waals surface area (Å²) in [6.07, 6.45) is 2.33. The Kier molecular flexibility index (Phi) is 3.82. The summed E-state index contributed by atoms with van der Waals surface area (Å²) < 4.78 is 26.0. The van der Waals surface area contributed by atoms with Crippen molar-refractivity contribution in [1.29, 1.82) is 0 Å². The Morgan fingerprint density at radius 2 is 2.06 bits per heavy atom. The van der Waals surface area contributed by atoms with Gasteiger partial charge in [-0.3, -0.25) is 0 Å². The molecule has 2 rings (SSSR count). The lowest BCUT2D eigenvalue weighted by molar-refractivity contribution is 0.174. The lowest BCUT2D eigenvalue weighted by Crippen LogP contribution is -2.25. The molecule has 1 aliphatic rings. The molecule has 0 saturated carbocycles. The van der Waals surface area contributed by atoms with Gasteiger partial charge in [0.15, 0.2) is 11.5 Å². The van der Waals surface area contributed by atoms with Gasteiger partial charge in [-0.1, -0.05) is 10.5 Å². The summed E-state index contributed by atoms with van der Waals surface area (Å²) in [6.45, 7) is 5.99. The molecule has 0 amide bonds. The van der Waals surface area contributed by atoms with E-state index in [1.807, 2.05) is 39.0 Å². The van der Waals surface area contributed by atoms with Gasteiger partial charge in [0, 0.05) is 6.42 Å². The fourth-order valence-electron chi connectivity index (χ4n) is 1.44. The van der Waals surface area contributed by atoms with Gasteiger partial charge >= 0.3 is 0 Å². The average Bonchev–Trinajstić information content (AvgIpc) is 2.74. The Morgan fingerprint density at radius 1 is 1.33 bits per heavy atom. The minimum Gasteiger partial charge on any atom is -0.591 e. The molecule has 98 valence electrons. The standard InChI is InChI=1S/C13H17NO3S/c1-13(2,3)18(15)14-7-6-10-4-5-11-12(8-10)17-9-16-11/h4-5,7-8H,6,9H2,1-3H3/t18-/m0/s1. The lowest BCUT2D eigenvalue weighted by atomic mass is 10.1. The van der Waals surface area contributed by atoms with Crippen molar-refractivity contribution in [3.63, 3.8) is 0 Å². The Balaban J connectivity index is 1.96. The highest BCUT2D eigenvalue weighted by Gasteiger charge is 2.25. The number of rotatable bonds is 3. The topological polar surface area (TPSA) is 53.9 Å². The van der Waals surface area contributed by atoms with E-state index in [1.165, 1.54) is 0 Å². The molecule has 1 heterocycles. The van der Waals surface area contributed by atoms with Gasteiger partial charge in [0.2, 0.25) is 6.79 Å². The molecular weight excluding hydrogens is 250 g/mol. The van der Waals surface area contributed by atoms with E-state index in [4.69, 9.17) is 9.47 Å². The van der Waals surface area contributed by atoms with Crippen LogP contribution < -0.4 is 9.47 Å². The van der Waals surface area contributed by atoms with Gasteiger partial charge in [-0.05, 0) is 38.5 Å². The number of nitrogens with zero attached hydrogens (tertiary/aromatic N) is 1. The van der Waals surface area contributed by atoms with Crippen LogP contribution in [0, 0.1) is 0 Å². The highest BCUT2D eigenvalue weighted by molar-refractivity contribution is 7.91. The van der Waals surface area contributed by atoms with Crippen molar-refractivity contribution in [3.05, 3.63) is 23.8 Å². The average molecular weight is 267 g/mol. The molecular formula is C13H17NO3S. The highest BCUT2D eigenvalue weighted by Crippen LogP contribution is 2.32. The van der Waals surface area contributed by atoms with Crippen LogP contribution in [-0.2, 0) is 17.8 Å². The van der Waals surface area contributed by atoms with Gasteiger partial charge in [0.25, 0.3) is 0 Å². The van der Waals surface area contributed by atoms with Crippen LogP contribution in [0.4, 0.5) is 0 Å². The summed E-state index contributed by atoms with van der Waals surface area (Å²) >= 11 is -1.20. The number of benzene rings is 1. The Bertz CT molecular complexity index is 454. The smallest absolute Gasteiger partial charge is 0.231 e. The van der Waals surface area contributed by atoms with Crippen molar-refractivity contribution in [2.45, 2.75) is 31.9 Å². The van der Waals surface area contributed by atoms with Gasteiger partial charge in [-0.15, -0.1) is 0 Å². The van der Waals surface area contributed by atoms with Crippen LogP contribution >= 0.6 is 0 Å². The van der Waals surface area contributed by atoms with Crippen LogP contribution in [0.25, 0.3) is 0 Å². The Labute approximate surface area is 110 Å². The summed E-state index contributed by atoms with van der Waals surface area (Å²) in [5.74, 6) is 1.53. The maximum atomic E-state index is 11.7. The summed E-state index contributed by atoms with van der Waals surface area (Å²) in [7, 11) is 0. The molecule has 4 nitrogen and oxygen atoms in total. The van der Waals surface area contributed by atoms with E-state index < -0.39 is 11.4 Å². The number of ether oxygens (including phenoxy) is 2. The maximum absolute atomic E-state index is 11.7. The zero-order valence-corrected chi connectivity index (χ0v) is 11.6. The first-order valence-corrected chi connectivity index (χ1v) is 6.90. The van der Waals surface area contributed by atoms with Gasteiger partial charge < -0.3 is 14.0 Å². The predicted molar refractivity (Wildman–Crippen MR) is 72.7 cm³/mol. The van der Waals surface area contributed by atoms with Crippen LogP contribution in [-0.4, -0.2) is 22.3 Å². The van der Waals surface area contributed by atoms with Crippen molar-refractivity contribution >= 4 is 17.6 Å². The van der Waals surface area contributed by atoms with Crippen LogP contribution in [0.3, 0.4) is 0 Å². The number of fused-ring (bicyclic) bond motifs is 1. The maximum Gasteiger partial charge on any atom is 0.231 e. The molecule has 0 fully saturated rings. The highest BCUT2D eigenvalue weighted by atomic mass is 32.2. The van der Waals surface area contributed by atoms with Crippen LogP contribution in [0.2, 0.25) is 0 Å². The second kappa shape index (κ2) is 5.20. The third-order valence-electron chi connectivity index (χ3n) is 2.46. The fraction of sp³-hybridized carbons (Fsp3) is 0.462. The van der Waals surface area contributed by atoms with Crippen molar-refractivity contribution in [2.24, 2.45) is 4.40 Å². The molecule has 0 aromatic heterocycles. The fourth-order valence-corrected chi connectivity index (χ4v) is 1.96. The third-order valence-corrected chi connectivity index (χ3v) is 3.85. The van der Waals surface area contributed by atoms with Gasteiger partial charge in [0.05, 0.1) is 6.21 Å². The molecule has 1 aromatic rings. The quantitative estimate of drug-likeness (QED) is 0.624. The molecule has 0 aliphatic carbocycles. The molecule has 0 spiro atoms. The van der Waals surface area contributed by atoms with E-state index in [2.05, 4.69) is 4.40 Å². The Hall–Kier alpha value is -1.20. The minimum atomic E-state index is -1.20. The minimum absolute atomic E-state index is 0.279. The van der Waals surface area contributed by atoms with E-state index in [0.717, 1.165) is 17.1 Å². The summed E-state index contributed by atoms with van der Waals surface area (Å²) in [4.78, 5) is 0. The largest absolute Gasteiger partial charge is 0.591 e. The zero-order chi connectivity index (χ0) is 13.2. The van der Waals surface area contributed by atoms with Gasteiger partial charge in [0.1, 0.15) is 16.1 Å². The van der Waals surface area contributed by atoms with Crippen molar-refractivity contribution in [1.82, 2.24) is 0 Å². The number of hydrogen-bond acceptors (Lipinski definition) is 4. The van der Waals surface area contributed by atoms with E-state index >= 15 is 0 Å². The van der Waals surface area contributed by atoms with E-state index in [0.29, 0.717) is 6.42 Å². The van der Waals surface area contributed by atoms with Crippen LogP contribution in [0.5, 0.6) is 11.5 Å². The van der Waals surface area contributed by atoms with Crippen molar-refractivity contribution < 1.29 is 14.0 Å². The first kappa shape index (κ1) is 13.2. The summed E-state index contributed by atoms with van der Waals surface area (Å²) in [5, 5.41) is 0.